The minimum atomic E-state index is -0.499. The van der Waals surface area contributed by atoms with E-state index in [1.54, 1.807) is 31.2 Å². The van der Waals surface area contributed by atoms with E-state index >= 15 is 0 Å². The van der Waals surface area contributed by atoms with E-state index in [0.717, 1.165) is 0 Å². The van der Waals surface area contributed by atoms with E-state index in [0.29, 0.717) is 22.4 Å². The van der Waals surface area contributed by atoms with Gasteiger partial charge < -0.3 is 5.73 Å². The Hall–Kier alpha value is -1.90. The Morgan fingerprint density at radius 2 is 1.57 bits per heavy atom. The minimum Gasteiger partial charge on any atom is -0.398 e. The zero-order valence-corrected chi connectivity index (χ0v) is 7.70. The van der Waals surface area contributed by atoms with Gasteiger partial charge in [-0.3, -0.25) is 9.59 Å². The predicted octanol–water partition coefficient (Wildman–Crippen LogP) is 1.14. The molecule has 70 valence electrons. The number of carbonyl (C=O) groups excluding carboxylic acids is 2. The second-order valence-corrected chi connectivity index (χ2v) is 3.24. The van der Waals surface area contributed by atoms with Crippen LogP contribution in [0.5, 0.6) is 0 Å². The van der Waals surface area contributed by atoms with Crippen LogP contribution in [0.3, 0.4) is 0 Å². The first kappa shape index (κ1) is 8.69. The molecule has 3 heteroatoms. The molecule has 0 unspecified atom stereocenters. The summed E-state index contributed by atoms with van der Waals surface area (Å²) in [4.78, 5) is 22.9. The topological polar surface area (TPSA) is 60.2 Å². The number of hydrogen-bond acceptors (Lipinski definition) is 3. The number of Topliss-reactive ketones (excluding diaryl/α,β-unsaturated/α-hetero) is 2. The average molecular weight is 187 g/mol. The molecule has 0 saturated carbocycles. The van der Waals surface area contributed by atoms with Gasteiger partial charge in [-0.2, -0.15) is 0 Å². The number of hydrogen-bond donors (Lipinski definition) is 1. The van der Waals surface area contributed by atoms with Crippen molar-refractivity contribution in [2.45, 2.75) is 6.92 Å². The summed E-state index contributed by atoms with van der Waals surface area (Å²) in [5.41, 5.74) is 7.56. The van der Waals surface area contributed by atoms with E-state index in [9.17, 15) is 9.59 Å². The summed E-state index contributed by atoms with van der Waals surface area (Å²) < 4.78 is 0. The maximum atomic E-state index is 11.5. The molecule has 3 nitrogen and oxygen atoms in total. The largest absolute Gasteiger partial charge is 0.398 e. The zero-order valence-electron chi connectivity index (χ0n) is 7.70. The molecule has 0 atom stereocenters. The molecule has 0 saturated heterocycles. The van der Waals surface area contributed by atoms with Crippen LogP contribution in [0.1, 0.15) is 22.8 Å². The molecule has 0 heterocycles. The fourth-order valence-electron chi connectivity index (χ4n) is 1.53. The second kappa shape index (κ2) is 2.80. The smallest absolute Gasteiger partial charge is 0.233 e. The van der Waals surface area contributed by atoms with E-state index in [-0.39, 0.29) is 0 Å². The Morgan fingerprint density at radius 1 is 1.00 bits per heavy atom. The van der Waals surface area contributed by atoms with Crippen LogP contribution in [0.15, 0.2) is 29.8 Å². The summed E-state index contributed by atoms with van der Waals surface area (Å²) in [6, 6.07) is 6.88. The van der Waals surface area contributed by atoms with Crippen molar-refractivity contribution in [1.29, 1.82) is 0 Å². The molecule has 2 rings (SSSR count). The SMILES string of the molecule is CC1=C(N)c2ccccc2C(=O)C1=O. The molecule has 0 amide bonds. The number of rotatable bonds is 0. The van der Waals surface area contributed by atoms with Crippen molar-refractivity contribution in [2.24, 2.45) is 5.73 Å². The third-order valence-corrected chi connectivity index (χ3v) is 2.41. The Bertz CT molecular complexity index is 472. The van der Waals surface area contributed by atoms with Crippen LogP contribution in [0.4, 0.5) is 0 Å². The fraction of sp³-hybridized carbons (Fsp3) is 0.0909. The molecule has 14 heavy (non-hydrogen) atoms. The highest BCUT2D eigenvalue weighted by molar-refractivity contribution is 6.52. The van der Waals surface area contributed by atoms with Gasteiger partial charge >= 0.3 is 0 Å². The number of benzene rings is 1. The molecule has 1 aromatic rings. The normalized spacial score (nSPS) is 15.8. The third-order valence-electron chi connectivity index (χ3n) is 2.41. The highest BCUT2D eigenvalue weighted by Gasteiger charge is 2.28. The summed E-state index contributed by atoms with van der Waals surface area (Å²) in [6.07, 6.45) is 0. The van der Waals surface area contributed by atoms with Crippen molar-refractivity contribution in [1.82, 2.24) is 0 Å². The third kappa shape index (κ3) is 0.988. The molecule has 0 bridgehead atoms. The van der Waals surface area contributed by atoms with Gasteiger partial charge in [0.2, 0.25) is 11.6 Å². The van der Waals surface area contributed by atoms with Crippen molar-refractivity contribution in [2.75, 3.05) is 0 Å². The van der Waals surface area contributed by atoms with Crippen LogP contribution in [-0.2, 0) is 4.79 Å². The van der Waals surface area contributed by atoms with Gasteiger partial charge in [0.1, 0.15) is 0 Å². The van der Waals surface area contributed by atoms with Crippen LogP contribution in [0.2, 0.25) is 0 Å². The Balaban J connectivity index is 2.78. The summed E-state index contributed by atoms with van der Waals surface area (Å²) in [6.45, 7) is 1.57. The lowest BCUT2D eigenvalue weighted by molar-refractivity contribution is -0.111. The van der Waals surface area contributed by atoms with Gasteiger partial charge in [-0.05, 0) is 6.92 Å². The van der Waals surface area contributed by atoms with Crippen LogP contribution < -0.4 is 5.73 Å². The van der Waals surface area contributed by atoms with Gasteiger partial charge in [0.25, 0.3) is 0 Å². The maximum Gasteiger partial charge on any atom is 0.233 e. The van der Waals surface area contributed by atoms with Crippen molar-refractivity contribution >= 4 is 17.3 Å². The van der Waals surface area contributed by atoms with Gasteiger partial charge in [-0.1, -0.05) is 24.3 Å². The molecule has 1 aromatic carbocycles. The second-order valence-electron chi connectivity index (χ2n) is 3.24. The van der Waals surface area contributed by atoms with Crippen LogP contribution >= 0.6 is 0 Å². The maximum absolute atomic E-state index is 11.5. The van der Waals surface area contributed by atoms with Crippen LogP contribution in [0, 0.1) is 0 Å². The molecular weight excluding hydrogens is 178 g/mol. The van der Waals surface area contributed by atoms with Crippen molar-refractivity contribution in [3.8, 4) is 0 Å². The van der Waals surface area contributed by atoms with Crippen molar-refractivity contribution < 1.29 is 9.59 Å². The zero-order chi connectivity index (χ0) is 10.3. The first-order chi connectivity index (χ1) is 6.63. The average Bonchev–Trinajstić information content (AvgIpc) is 2.23. The van der Waals surface area contributed by atoms with Crippen molar-refractivity contribution in [3.05, 3.63) is 41.0 Å². The van der Waals surface area contributed by atoms with Gasteiger partial charge in [0, 0.05) is 22.4 Å². The lowest BCUT2D eigenvalue weighted by atomic mass is 9.88. The van der Waals surface area contributed by atoms with E-state index in [2.05, 4.69) is 0 Å². The standard InChI is InChI=1S/C11H9NO2/c1-6-9(12)7-4-2-3-5-8(7)11(14)10(6)13/h2-5H,12H2,1H3. The van der Waals surface area contributed by atoms with E-state index in [4.69, 9.17) is 5.73 Å². The first-order valence-electron chi connectivity index (χ1n) is 4.27. The number of carbonyl (C=O) groups is 2. The Labute approximate surface area is 81.2 Å². The summed E-state index contributed by atoms with van der Waals surface area (Å²) in [7, 11) is 0. The number of allylic oxidation sites excluding steroid dienone is 1. The lowest BCUT2D eigenvalue weighted by Gasteiger charge is -2.15. The molecule has 2 N–H and O–H groups in total. The predicted molar refractivity (Wildman–Crippen MR) is 52.6 cm³/mol. The quantitative estimate of drug-likeness (QED) is 0.619. The molecule has 0 aromatic heterocycles. The Kier molecular flexibility index (Phi) is 1.74. The van der Waals surface area contributed by atoms with Crippen LogP contribution in [-0.4, -0.2) is 11.6 Å². The minimum absolute atomic E-state index is 0.341. The molecule has 1 aliphatic rings. The van der Waals surface area contributed by atoms with Gasteiger partial charge in [-0.25, -0.2) is 0 Å². The summed E-state index contributed by atoms with van der Waals surface area (Å²) in [5.74, 6) is -0.964. The molecule has 0 radical (unpaired) electrons. The number of nitrogens with two attached hydrogens (primary N) is 1. The van der Waals surface area contributed by atoms with Gasteiger partial charge in [-0.15, -0.1) is 0 Å². The molecular formula is C11H9NO2. The summed E-state index contributed by atoms with van der Waals surface area (Å²) in [5, 5.41) is 0. The number of fused-ring (bicyclic) bond motifs is 1. The first-order valence-corrected chi connectivity index (χ1v) is 4.27. The van der Waals surface area contributed by atoms with Crippen LogP contribution in [0.25, 0.3) is 5.70 Å². The monoisotopic (exact) mass is 187 g/mol. The van der Waals surface area contributed by atoms with Gasteiger partial charge in [0.15, 0.2) is 0 Å². The van der Waals surface area contributed by atoms with Gasteiger partial charge in [0.05, 0.1) is 0 Å². The summed E-state index contributed by atoms with van der Waals surface area (Å²) >= 11 is 0. The molecule has 0 aliphatic heterocycles. The molecule has 0 fully saturated rings. The fourth-order valence-corrected chi connectivity index (χ4v) is 1.53. The lowest BCUT2D eigenvalue weighted by Crippen LogP contribution is -2.25. The molecule has 1 aliphatic carbocycles. The van der Waals surface area contributed by atoms with Crippen molar-refractivity contribution in [3.63, 3.8) is 0 Å². The Morgan fingerprint density at radius 3 is 2.21 bits per heavy atom. The highest BCUT2D eigenvalue weighted by Crippen LogP contribution is 2.25. The van der Waals surface area contributed by atoms with E-state index < -0.39 is 11.6 Å². The van der Waals surface area contributed by atoms with E-state index in [1.807, 2.05) is 0 Å². The number of ketones is 2. The van der Waals surface area contributed by atoms with E-state index in [1.165, 1.54) is 0 Å². The highest BCUT2D eigenvalue weighted by atomic mass is 16.2. The molecule has 0 spiro atoms.